The molecule has 0 aromatic carbocycles. The van der Waals surface area contributed by atoms with Gasteiger partial charge in [0.1, 0.15) is 5.69 Å². The van der Waals surface area contributed by atoms with Gasteiger partial charge in [-0.25, -0.2) is 0 Å². The van der Waals surface area contributed by atoms with Crippen molar-refractivity contribution in [3.63, 3.8) is 0 Å². The third-order valence-electron chi connectivity index (χ3n) is 1.35. The zero-order chi connectivity index (χ0) is 12.4. The Bertz CT molecular complexity index is 332. The number of thiocarbonyl (C=S) groups is 1. The van der Waals surface area contributed by atoms with Crippen LogP contribution in [0.1, 0.15) is 5.69 Å². The van der Waals surface area contributed by atoms with Crippen molar-refractivity contribution in [2.75, 3.05) is 14.1 Å². The number of hydrogen-bond acceptors (Lipinski definition) is 4. The van der Waals surface area contributed by atoms with Crippen molar-refractivity contribution >= 4 is 33.6 Å². The van der Waals surface area contributed by atoms with Crippen molar-refractivity contribution in [1.29, 1.82) is 0 Å². The summed E-state index contributed by atoms with van der Waals surface area (Å²) in [5.41, 5.74) is 3.37. The first-order chi connectivity index (χ1) is 7.70. The van der Waals surface area contributed by atoms with Gasteiger partial charge >= 0.3 is 25.2 Å². The Hall–Kier alpha value is -0.751. The number of hydrogen-bond donors (Lipinski definition) is 1. The number of halogens is 1. The quantitative estimate of drug-likeness (QED) is 0.381. The molecule has 1 rings (SSSR count). The van der Waals surface area contributed by atoms with E-state index in [4.69, 9.17) is 12.2 Å². The Labute approximate surface area is 112 Å². The predicted molar refractivity (Wildman–Crippen MR) is 64.9 cm³/mol. The van der Waals surface area contributed by atoms with Crippen molar-refractivity contribution in [3.8, 4) is 0 Å². The third kappa shape index (κ3) is 6.68. The molecular weight excluding hydrogens is 297 g/mol. The van der Waals surface area contributed by atoms with Crippen LogP contribution in [0.5, 0.6) is 0 Å². The average molecular weight is 308 g/mol. The monoisotopic (exact) mass is 307 g/mol. The first-order valence-electron chi connectivity index (χ1n) is 4.08. The second-order valence-electron chi connectivity index (χ2n) is 2.70. The molecule has 0 saturated carbocycles. The fourth-order valence-electron chi connectivity index (χ4n) is 0.631. The Balaban J connectivity index is 0.00000106. The number of rotatable bonds is 2. The SMILES string of the molecule is CN(C)C(=S)NN=Cc1cnccn1.[Cl][Cu+]. The molecule has 0 aliphatic carbocycles. The Morgan fingerprint density at radius 2 is 2.25 bits per heavy atom. The average Bonchev–Trinajstić information content (AvgIpc) is 2.33. The third-order valence-corrected chi connectivity index (χ3v) is 1.80. The summed E-state index contributed by atoms with van der Waals surface area (Å²) in [6.07, 6.45) is 6.38. The number of nitrogens with zero attached hydrogens (tertiary/aromatic N) is 4. The maximum absolute atomic E-state index is 4.96. The molecule has 0 aliphatic heterocycles. The summed E-state index contributed by atoms with van der Waals surface area (Å²) in [5, 5.41) is 4.45. The van der Waals surface area contributed by atoms with Crippen LogP contribution in [-0.4, -0.2) is 40.3 Å². The summed E-state index contributed by atoms with van der Waals surface area (Å²) < 4.78 is 0. The van der Waals surface area contributed by atoms with Gasteiger partial charge < -0.3 is 4.90 Å². The summed E-state index contributed by atoms with van der Waals surface area (Å²) in [6, 6.07) is 0. The molecule has 5 nitrogen and oxygen atoms in total. The van der Waals surface area contributed by atoms with Gasteiger partial charge in [-0.2, -0.15) is 5.10 Å². The van der Waals surface area contributed by atoms with E-state index >= 15 is 0 Å². The first kappa shape index (κ1) is 15.2. The van der Waals surface area contributed by atoms with Gasteiger partial charge in [0.25, 0.3) is 0 Å². The fourth-order valence-corrected chi connectivity index (χ4v) is 0.684. The first-order valence-corrected chi connectivity index (χ1v) is 5.78. The predicted octanol–water partition coefficient (Wildman–Crippen LogP) is 0.934. The molecule has 1 aromatic rings. The summed E-state index contributed by atoms with van der Waals surface area (Å²) >= 11 is 8.62. The van der Waals surface area contributed by atoms with E-state index in [1.807, 2.05) is 14.1 Å². The van der Waals surface area contributed by atoms with Crippen LogP contribution in [0.2, 0.25) is 0 Å². The normalized spacial score (nSPS) is 9.31. The number of hydrazone groups is 1. The van der Waals surface area contributed by atoms with E-state index in [0.717, 1.165) is 0 Å². The van der Waals surface area contributed by atoms with Crippen molar-refractivity contribution < 1.29 is 15.1 Å². The summed E-state index contributed by atoms with van der Waals surface area (Å²) in [5.74, 6) is 0. The van der Waals surface area contributed by atoms with Gasteiger partial charge in [-0.05, 0) is 12.2 Å². The Morgan fingerprint density at radius 3 is 2.75 bits per heavy atom. The molecule has 1 N–H and O–H groups in total. The number of nitrogens with one attached hydrogen (secondary N) is 1. The standard InChI is InChI=1S/C8H11N5S.ClH.Cu/c1-13(2)8(14)12-11-6-7-5-9-3-4-10-7;;/h3-6H,1-2H3,(H,12,14);1H;/q;;+2/p-1. The minimum absolute atomic E-state index is 0.546. The van der Waals surface area contributed by atoms with Crippen LogP contribution in [0, 0.1) is 0 Å². The molecule has 0 radical (unpaired) electrons. The van der Waals surface area contributed by atoms with Crippen LogP contribution in [-0.2, 0) is 15.1 Å². The van der Waals surface area contributed by atoms with Crippen molar-refractivity contribution in [3.05, 3.63) is 24.3 Å². The Kier molecular flexibility index (Phi) is 9.03. The van der Waals surface area contributed by atoms with E-state index in [1.165, 1.54) is 0 Å². The molecule has 1 heterocycles. The topological polar surface area (TPSA) is 53.4 Å². The zero-order valence-corrected chi connectivity index (χ0v) is 11.2. The van der Waals surface area contributed by atoms with E-state index in [-0.39, 0.29) is 0 Å². The number of aromatic nitrogens is 2. The van der Waals surface area contributed by atoms with Crippen molar-refractivity contribution in [2.24, 2.45) is 5.10 Å². The van der Waals surface area contributed by atoms with Crippen LogP contribution < -0.4 is 5.43 Å². The summed E-state index contributed by atoms with van der Waals surface area (Å²) in [7, 11) is 7.88. The molecule has 0 saturated heterocycles. The van der Waals surface area contributed by atoms with E-state index < -0.39 is 0 Å². The molecule has 0 bridgehead atoms. The second-order valence-corrected chi connectivity index (χ2v) is 3.09. The molecule has 0 spiro atoms. The van der Waals surface area contributed by atoms with Crippen molar-refractivity contribution in [2.45, 2.75) is 0 Å². The zero-order valence-electron chi connectivity index (χ0n) is 8.69. The Morgan fingerprint density at radius 1 is 1.56 bits per heavy atom. The summed E-state index contributed by atoms with van der Waals surface area (Å²) in [6.45, 7) is 0. The molecule has 91 valence electrons. The van der Waals surface area contributed by atoms with E-state index in [9.17, 15) is 0 Å². The van der Waals surface area contributed by atoms with Crippen LogP contribution in [0.3, 0.4) is 0 Å². The molecule has 16 heavy (non-hydrogen) atoms. The van der Waals surface area contributed by atoms with Gasteiger partial charge in [-0.1, -0.05) is 0 Å². The molecule has 0 atom stereocenters. The second kappa shape index (κ2) is 9.47. The van der Waals surface area contributed by atoms with Crippen molar-refractivity contribution in [1.82, 2.24) is 20.3 Å². The molecule has 0 amide bonds. The van der Waals surface area contributed by atoms with Crippen LogP contribution in [0.4, 0.5) is 0 Å². The van der Waals surface area contributed by atoms with Gasteiger partial charge in [0.05, 0.1) is 12.4 Å². The molecule has 1 aromatic heterocycles. The van der Waals surface area contributed by atoms with Gasteiger partial charge in [0.15, 0.2) is 5.11 Å². The molecular formula is C8H11ClCuN5S+. The van der Waals surface area contributed by atoms with Crippen LogP contribution >= 0.6 is 22.3 Å². The summed E-state index contributed by atoms with van der Waals surface area (Å²) in [4.78, 5) is 9.66. The van der Waals surface area contributed by atoms with Gasteiger partial charge in [-0.3, -0.25) is 15.4 Å². The van der Waals surface area contributed by atoms with E-state index in [2.05, 4.69) is 45.7 Å². The molecule has 8 heteroatoms. The van der Waals surface area contributed by atoms with Gasteiger partial charge in [0, 0.05) is 26.5 Å². The van der Waals surface area contributed by atoms with Gasteiger partial charge in [0.2, 0.25) is 0 Å². The minimum atomic E-state index is 0.546. The molecule has 0 unspecified atom stereocenters. The maximum atomic E-state index is 4.96. The molecule has 0 fully saturated rings. The van der Waals surface area contributed by atoms with E-state index in [0.29, 0.717) is 10.8 Å². The fraction of sp³-hybridized carbons (Fsp3) is 0.250. The van der Waals surface area contributed by atoms with E-state index in [1.54, 1.807) is 29.7 Å². The van der Waals surface area contributed by atoms with Crippen LogP contribution in [0.15, 0.2) is 23.7 Å². The molecule has 0 aliphatic rings. The van der Waals surface area contributed by atoms with Crippen LogP contribution in [0.25, 0.3) is 0 Å². The van der Waals surface area contributed by atoms with Gasteiger partial charge in [-0.15, -0.1) is 0 Å².